The number of hydrogen-bond donors (Lipinski definition) is 0. The average Bonchev–Trinajstić information content (AvgIpc) is 1.81. The van der Waals surface area contributed by atoms with Gasteiger partial charge in [-0.3, -0.25) is 0 Å². The Morgan fingerprint density at radius 3 is 2.20 bits per heavy atom. The second kappa shape index (κ2) is 3.88. The van der Waals surface area contributed by atoms with E-state index < -0.39 is 0 Å². The van der Waals surface area contributed by atoms with Crippen LogP contribution in [0.1, 0.15) is 34.1 Å². The molecule has 0 nitrogen and oxygen atoms in total. The van der Waals surface area contributed by atoms with E-state index in [2.05, 4.69) is 32.6 Å². The van der Waals surface area contributed by atoms with Crippen LogP contribution < -0.4 is 0 Å². The zero-order valence-corrected chi connectivity index (χ0v) is 7.92. The summed E-state index contributed by atoms with van der Waals surface area (Å²) in [6.45, 7) is 8.28. The van der Waals surface area contributed by atoms with Gasteiger partial charge in [0.25, 0.3) is 0 Å². The third kappa shape index (κ3) is 5.98. The molecule has 0 aromatic heterocycles. The molecule has 0 bridgehead atoms. The molecule has 0 saturated carbocycles. The van der Waals surface area contributed by atoms with Gasteiger partial charge in [0.2, 0.25) is 0 Å². The van der Waals surface area contributed by atoms with E-state index in [0.29, 0.717) is 0 Å². The van der Waals surface area contributed by atoms with Gasteiger partial charge in [-0.15, -0.1) is 11.6 Å². The van der Waals surface area contributed by atoms with Crippen molar-refractivity contribution in [3.8, 4) is 11.8 Å². The summed E-state index contributed by atoms with van der Waals surface area (Å²) in [5, 5.41) is 0.0271. The van der Waals surface area contributed by atoms with Crippen LogP contribution in [-0.4, -0.2) is 5.38 Å². The van der Waals surface area contributed by atoms with Crippen molar-refractivity contribution >= 4 is 11.6 Å². The van der Waals surface area contributed by atoms with Crippen LogP contribution in [0.25, 0.3) is 0 Å². The van der Waals surface area contributed by atoms with Crippen molar-refractivity contribution < 1.29 is 0 Å². The van der Waals surface area contributed by atoms with E-state index in [4.69, 9.17) is 11.6 Å². The zero-order chi connectivity index (χ0) is 8.20. The van der Waals surface area contributed by atoms with Crippen LogP contribution in [0.2, 0.25) is 0 Å². The molecule has 0 amide bonds. The minimum atomic E-state index is 0.0271. The first-order valence-electron chi connectivity index (χ1n) is 3.62. The second-order valence-electron chi connectivity index (χ2n) is 3.40. The Hall–Kier alpha value is -0.150. The molecular formula is C9H15Cl. The summed E-state index contributed by atoms with van der Waals surface area (Å²) in [6.07, 6.45) is 0.921. The summed E-state index contributed by atoms with van der Waals surface area (Å²) in [7, 11) is 0. The topological polar surface area (TPSA) is 0 Å². The van der Waals surface area contributed by atoms with Gasteiger partial charge in [0.15, 0.2) is 0 Å². The molecule has 0 N–H and O–H groups in total. The van der Waals surface area contributed by atoms with Crippen molar-refractivity contribution in [3.63, 3.8) is 0 Å². The minimum absolute atomic E-state index is 0.0271. The highest BCUT2D eigenvalue weighted by Gasteiger charge is 2.04. The SMILES string of the molecule is CCC(Cl)C#CC(C)(C)C. The lowest BCUT2D eigenvalue weighted by Gasteiger charge is -2.07. The number of alkyl halides is 1. The fourth-order valence-corrected chi connectivity index (χ4v) is 0.451. The summed E-state index contributed by atoms with van der Waals surface area (Å²) >= 11 is 5.80. The fraction of sp³-hybridized carbons (Fsp3) is 0.778. The summed E-state index contributed by atoms with van der Waals surface area (Å²) in [5.74, 6) is 6.08. The van der Waals surface area contributed by atoms with Gasteiger partial charge in [-0.1, -0.05) is 18.8 Å². The predicted octanol–water partition coefficient (Wildman–Crippen LogP) is 3.05. The van der Waals surface area contributed by atoms with Crippen LogP contribution in [0.15, 0.2) is 0 Å². The summed E-state index contributed by atoms with van der Waals surface area (Å²) in [4.78, 5) is 0. The molecular weight excluding hydrogens is 144 g/mol. The van der Waals surface area contributed by atoms with E-state index >= 15 is 0 Å². The van der Waals surface area contributed by atoms with Gasteiger partial charge in [0, 0.05) is 5.41 Å². The Labute approximate surface area is 69.0 Å². The van der Waals surface area contributed by atoms with Crippen molar-refractivity contribution in [2.75, 3.05) is 0 Å². The molecule has 0 heterocycles. The Morgan fingerprint density at radius 2 is 1.90 bits per heavy atom. The first-order chi connectivity index (χ1) is 4.45. The smallest absolute Gasteiger partial charge is 0.0940 e. The van der Waals surface area contributed by atoms with E-state index in [1.807, 2.05) is 6.92 Å². The molecule has 0 aliphatic heterocycles. The summed E-state index contributed by atoms with van der Waals surface area (Å²) in [5.41, 5.74) is 0.0856. The largest absolute Gasteiger partial charge is 0.109 e. The molecule has 0 saturated heterocycles. The first kappa shape index (κ1) is 9.85. The molecule has 1 unspecified atom stereocenters. The Morgan fingerprint density at radius 1 is 1.40 bits per heavy atom. The predicted molar refractivity (Wildman–Crippen MR) is 47.2 cm³/mol. The second-order valence-corrected chi connectivity index (χ2v) is 3.92. The molecule has 0 spiro atoms. The van der Waals surface area contributed by atoms with Gasteiger partial charge < -0.3 is 0 Å². The minimum Gasteiger partial charge on any atom is -0.109 e. The van der Waals surface area contributed by atoms with Gasteiger partial charge in [-0.05, 0) is 27.2 Å². The van der Waals surface area contributed by atoms with Crippen molar-refractivity contribution in [3.05, 3.63) is 0 Å². The van der Waals surface area contributed by atoms with E-state index in [9.17, 15) is 0 Å². The summed E-state index contributed by atoms with van der Waals surface area (Å²) in [6, 6.07) is 0. The molecule has 58 valence electrons. The average molecular weight is 159 g/mol. The van der Waals surface area contributed by atoms with Crippen molar-refractivity contribution in [1.82, 2.24) is 0 Å². The third-order valence-electron chi connectivity index (χ3n) is 0.962. The monoisotopic (exact) mass is 158 g/mol. The molecule has 0 fully saturated rings. The molecule has 1 atom stereocenters. The van der Waals surface area contributed by atoms with Crippen molar-refractivity contribution in [1.29, 1.82) is 0 Å². The van der Waals surface area contributed by atoms with Crippen LogP contribution in [0.4, 0.5) is 0 Å². The van der Waals surface area contributed by atoms with Crippen LogP contribution in [0.5, 0.6) is 0 Å². The van der Waals surface area contributed by atoms with Crippen LogP contribution >= 0.6 is 11.6 Å². The van der Waals surface area contributed by atoms with Crippen LogP contribution in [-0.2, 0) is 0 Å². The lowest BCUT2D eigenvalue weighted by molar-refractivity contribution is 0.570. The molecule has 0 aromatic carbocycles. The Balaban J connectivity index is 3.91. The highest BCUT2D eigenvalue weighted by molar-refractivity contribution is 6.22. The Kier molecular flexibility index (Phi) is 3.83. The van der Waals surface area contributed by atoms with E-state index in [-0.39, 0.29) is 10.8 Å². The van der Waals surface area contributed by atoms with Gasteiger partial charge in [0.1, 0.15) is 0 Å². The maximum atomic E-state index is 5.80. The van der Waals surface area contributed by atoms with Crippen LogP contribution in [0.3, 0.4) is 0 Å². The number of rotatable bonds is 1. The quantitative estimate of drug-likeness (QED) is 0.407. The molecule has 1 heteroatoms. The highest BCUT2D eigenvalue weighted by atomic mass is 35.5. The Bertz CT molecular complexity index is 142. The van der Waals surface area contributed by atoms with E-state index in [1.54, 1.807) is 0 Å². The van der Waals surface area contributed by atoms with E-state index in [0.717, 1.165) is 6.42 Å². The van der Waals surface area contributed by atoms with Gasteiger partial charge in [-0.25, -0.2) is 0 Å². The lowest BCUT2D eigenvalue weighted by Crippen LogP contribution is -2.01. The molecule has 0 aliphatic rings. The summed E-state index contributed by atoms with van der Waals surface area (Å²) < 4.78 is 0. The van der Waals surface area contributed by atoms with Gasteiger partial charge in [0.05, 0.1) is 5.38 Å². The normalized spacial score (nSPS) is 13.7. The van der Waals surface area contributed by atoms with Crippen molar-refractivity contribution in [2.45, 2.75) is 39.5 Å². The van der Waals surface area contributed by atoms with Gasteiger partial charge >= 0.3 is 0 Å². The molecule has 10 heavy (non-hydrogen) atoms. The number of hydrogen-bond acceptors (Lipinski definition) is 0. The van der Waals surface area contributed by atoms with Gasteiger partial charge in [-0.2, -0.15) is 0 Å². The third-order valence-corrected chi connectivity index (χ3v) is 1.38. The standard InChI is InChI=1S/C9H15Cl/c1-5-8(10)6-7-9(2,3)4/h8H,5H2,1-4H3. The maximum Gasteiger partial charge on any atom is 0.0940 e. The molecule has 0 aromatic rings. The molecule has 0 rings (SSSR count). The lowest BCUT2D eigenvalue weighted by atomic mass is 9.98. The van der Waals surface area contributed by atoms with E-state index in [1.165, 1.54) is 0 Å². The zero-order valence-electron chi connectivity index (χ0n) is 7.16. The first-order valence-corrected chi connectivity index (χ1v) is 4.06. The maximum absolute atomic E-state index is 5.80. The van der Waals surface area contributed by atoms with Crippen molar-refractivity contribution in [2.24, 2.45) is 5.41 Å². The highest BCUT2D eigenvalue weighted by Crippen LogP contribution is 2.11. The van der Waals surface area contributed by atoms with Crippen LogP contribution in [0, 0.1) is 17.3 Å². The molecule has 0 aliphatic carbocycles. The molecule has 0 radical (unpaired) electrons. The fourth-order valence-electron chi connectivity index (χ4n) is 0.397. The number of halogens is 1.